The van der Waals surface area contributed by atoms with Gasteiger partial charge >= 0.3 is 0 Å². The smallest absolute Gasteiger partial charge is 0.135 e. The molecule has 114 valence electrons. The number of aliphatic hydroxyl groups is 1. The normalized spacial score (nSPS) is 18.7. The van der Waals surface area contributed by atoms with Gasteiger partial charge in [-0.2, -0.15) is 0 Å². The Labute approximate surface area is 127 Å². The fraction of sp³-hybridized carbons (Fsp3) is 0.556. The molecule has 0 heterocycles. The van der Waals surface area contributed by atoms with E-state index >= 15 is 0 Å². The van der Waals surface area contributed by atoms with Crippen LogP contribution in [-0.2, 0) is 0 Å². The number of benzene rings is 1. The maximum absolute atomic E-state index is 10.1. The average Bonchev–Trinajstić information content (AvgIpc) is 2.52. The lowest BCUT2D eigenvalue weighted by molar-refractivity contribution is 0.0929. The van der Waals surface area contributed by atoms with E-state index in [2.05, 4.69) is 18.2 Å². The summed E-state index contributed by atoms with van der Waals surface area (Å²) in [5.41, 5.74) is 0.882. The molecule has 3 heteroatoms. The molecule has 0 bridgehead atoms. The molecule has 1 aromatic carbocycles. The highest BCUT2D eigenvalue weighted by Crippen LogP contribution is 2.27. The number of terminal acetylenes is 1. The van der Waals surface area contributed by atoms with Crippen LogP contribution in [0.15, 0.2) is 24.3 Å². The van der Waals surface area contributed by atoms with Crippen molar-refractivity contribution in [1.82, 2.24) is 5.32 Å². The van der Waals surface area contributed by atoms with Crippen LogP contribution in [-0.4, -0.2) is 29.9 Å². The largest absolute Gasteiger partial charge is 0.490 e. The van der Waals surface area contributed by atoms with Crippen molar-refractivity contribution >= 4 is 0 Å². The zero-order valence-corrected chi connectivity index (χ0v) is 12.8. The molecule has 21 heavy (non-hydrogen) atoms. The summed E-state index contributed by atoms with van der Waals surface area (Å²) in [6.45, 7) is 3.05. The molecule has 3 nitrogen and oxygen atoms in total. The SMILES string of the molecule is C#Cc1ccccc1OCC(O)CNC1(C)CCCCC1. The topological polar surface area (TPSA) is 41.5 Å². The van der Waals surface area contributed by atoms with E-state index in [9.17, 15) is 5.11 Å². The first kappa shape index (κ1) is 15.9. The van der Waals surface area contributed by atoms with Gasteiger partial charge in [0.25, 0.3) is 0 Å². The standard InChI is InChI=1S/C18H25NO2/c1-3-15-9-5-6-10-17(15)21-14-16(20)13-19-18(2)11-7-4-8-12-18/h1,5-6,9-10,16,19-20H,4,7-8,11-14H2,2H3. The molecular formula is C18H25NO2. The van der Waals surface area contributed by atoms with Crippen LogP contribution in [0.2, 0.25) is 0 Å². The summed E-state index contributed by atoms with van der Waals surface area (Å²) in [6, 6.07) is 7.43. The third kappa shape index (κ3) is 4.77. The lowest BCUT2D eigenvalue weighted by atomic mass is 9.83. The minimum Gasteiger partial charge on any atom is -0.490 e. The fourth-order valence-electron chi connectivity index (χ4n) is 2.83. The Bertz CT molecular complexity index is 486. The van der Waals surface area contributed by atoms with Gasteiger partial charge in [-0.05, 0) is 31.9 Å². The van der Waals surface area contributed by atoms with Gasteiger partial charge in [0.05, 0.1) is 5.56 Å². The molecule has 0 aliphatic heterocycles. The van der Waals surface area contributed by atoms with E-state index in [4.69, 9.17) is 11.2 Å². The lowest BCUT2D eigenvalue weighted by Crippen LogP contribution is -2.48. The first-order chi connectivity index (χ1) is 10.1. The van der Waals surface area contributed by atoms with Crippen molar-refractivity contribution in [3.05, 3.63) is 29.8 Å². The molecule has 0 radical (unpaired) electrons. The highest BCUT2D eigenvalue weighted by atomic mass is 16.5. The Morgan fingerprint density at radius 1 is 1.33 bits per heavy atom. The molecule has 0 spiro atoms. The van der Waals surface area contributed by atoms with Crippen LogP contribution >= 0.6 is 0 Å². The molecule has 1 aliphatic carbocycles. The monoisotopic (exact) mass is 287 g/mol. The Morgan fingerprint density at radius 2 is 2.05 bits per heavy atom. The highest BCUT2D eigenvalue weighted by Gasteiger charge is 2.26. The third-order valence-electron chi connectivity index (χ3n) is 4.20. The van der Waals surface area contributed by atoms with Crippen molar-refractivity contribution in [1.29, 1.82) is 0 Å². The molecule has 0 aromatic heterocycles. The summed E-state index contributed by atoms with van der Waals surface area (Å²) in [5, 5.41) is 13.6. The van der Waals surface area contributed by atoms with Crippen LogP contribution in [0.4, 0.5) is 0 Å². The highest BCUT2D eigenvalue weighted by molar-refractivity contribution is 5.44. The first-order valence-electron chi connectivity index (χ1n) is 7.74. The number of hydrogen-bond donors (Lipinski definition) is 2. The van der Waals surface area contributed by atoms with Crippen molar-refractivity contribution in [2.75, 3.05) is 13.2 Å². The van der Waals surface area contributed by atoms with E-state index in [1.165, 1.54) is 32.1 Å². The number of β-amino-alcohol motifs (C(OH)–C–C–N with tert-alkyl or cyclic N) is 1. The minimum absolute atomic E-state index is 0.163. The van der Waals surface area contributed by atoms with Crippen molar-refractivity contribution in [3.8, 4) is 18.1 Å². The van der Waals surface area contributed by atoms with Crippen molar-refractivity contribution < 1.29 is 9.84 Å². The second kappa shape index (κ2) is 7.49. The molecule has 1 unspecified atom stereocenters. The average molecular weight is 287 g/mol. The van der Waals surface area contributed by atoms with Gasteiger partial charge < -0.3 is 15.2 Å². The Hall–Kier alpha value is -1.50. The van der Waals surface area contributed by atoms with Crippen LogP contribution in [0.5, 0.6) is 5.75 Å². The summed E-state index contributed by atoms with van der Waals surface area (Å²) in [7, 11) is 0. The predicted molar refractivity (Wildman–Crippen MR) is 85.4 cm³/mol. The Kier molecular flexibility index (Phi) is 5.67. The van der Waals surface area contributed by atoms with Crippen LogP contribution in [0.1, 0.15) is 44.6 Å². The number of rotatable bonds is 6. The van der Waals surface area contributed by atoms with Gasteiger partial charge in [-0.25, -0.2) is 0 Å². The van der Waals surface area contributed by atoms with Crippen molar-refractivity contribution in [2.24, 2.45) is 0 Å². The van der Waals surface area contributed by atoms with E-state index in [-0.39, 0.29) is 12.1 Å². The molecule has 1 aliphatic rings. The summed E-state index contributed by atoms with van der Waals surface area (Å²) in [4.78, 5) is 0. The Balaban J connectivity index is 1.77. The van der Waals surface area contributed by atoms with Gasteiger partial charge in [0.1, 0.15) is 18.5 Å². The first-order valence-corrected chi connectivity index (χ1v) is 7.74. The van der Waals surface area contributed by atoms with Gasteiger partial charge in [0.15, 0.2) is 0 Å². The van der Waals surface area contributed by atoms with Crippen LogP contribution in [0, 0.1) is 12.3 Å². The van der Waals surface area contributed by atoms with Gasteiger partial charge in [-0.3, -0.25) is 0 Å². The zero-order chi connectivity index (χ0) is 15.1. The Morgan fingerprint density at radius 3 is 2.76 bits per heavy atom. The zero-order valence-electron chi connectivity index (χ0n) is 12.8. The maximum atomic E-state index is 10.1. The number of para-hydroxylation sites is 1. The molecule has 1 aromatic rings. The van der Waals surface area contributed by atoms with E-state index in [1.54, 1.807) is 0 Å². The molecule has 1 atom stereocenters. The van der Waals surface area contributed by atoms with E-state index in [0.717, 1.165) is 5.56 Å². The minimum atomic E-state index is -0.533. The van der Waals surface area contributed by atoms with Gasteiger partial charge in [-0.15, -0.1) is 6.42 Å². The predicted octanol–water partition coefficient (Wildman–Crippen LogP) is 2.72. The molecule has 1 saturated carbocycles. The van der Waals surface area contributed by atoms with Crippen molar-refractivity contribution in [3.63, 3.8) is 0 Å². The molecule has 0 amide bonds. The van der Waals surface area contributed by atoms with Gasteiger partial charge in [0, 0.05) is 12.1 Å². The van der Waals surface area contributed by atoms with Gasteiger partial charge in [0.2, 0.25) is 0 Å². The van der Waals surface area contributed by atoms with E-state index in [1.807, 2.05) is 24.3 Å². The number of aliphatic hydroxyl groups excluding tert-OH is 1. The summed E-state index contributed by atoms with van der Waals surface area (Å²) in [6.07, 6.45) is 11.1. The van der Waals surface area contributed by atoms with Crippen LogP contribution < -0.4 is 10.1 Å². The number of hydrogen-bond acceptors (Lipinski definition) is 3. The van der Waals surface area contributed by atoms with Crippen LogP contribution in [0.25, 0.3) is 0 Å². The summed E-state index contributed by atoms with van der Waals surface area (Å²) >= 11 is 0. The summed E-state index contributed by atoms with van der Waals surface area (Å²) < 4.78 is 5.63. The molecule has 1 fully saturated rings. The number of nitrogens with one attached hydrogen (secondary N) is 1. The molecular weight excluding hydrogens is 262 g/mol. The lowest BCUT2D eigenvalue weighted by Gasteiger charge is -2.35. The van der Waals surface area contributed by atoms with Gasteiger partial charge in [-0.1, -0.05) is 37.3 Å². The van der Waals surface area contributed by atoms with Crippen LogP contribution in [0.3, 0.4) is 0 Å². The molecule has 0 saturated heterocycles. The second-order valence-corrected chi connectivity index (χ2v) is 6.11. The third-order valence-corrected chi connectivity index (χ3v) is 4.20. The number of ether oxygens (including phenoxy) is 1. The maximum Gasteiger partial charge on any atom is 0.135 e. The van der Waals surface area contributed by atoms with E-state index < -0.39 is 6.10 Å². The molecule has 2 N–H and O–H groups in total. The van der Waals surface area contributed by atoms with E-state index in [0.29, 0.717) is 12.3 Å². The summed E-state index contributed by atoms with van der Waals surface area (Å²) in [5.74, 6) is 3.24. The quantitative estimate of drug-likeness (QED) is 0.791. The fourth-order valence-corrected chi connectivity index (χ4v) is 2.83. The molecule has 2 rings (SSSR count). The second-order valence-electron chi connectivity index (χ2n) is 6.11. The van der Waals surface area contributed by atoms with Crippen molar-refractivity contribution in [2.45, 2.75) is 50.7 Å².